The zero-order valence-electron chi connectivity index (χ0n) is 9.35. The van der Waals surface area contributed by atoms with E-state index in [9.17, 15) is 4.79 Å². The van der Waals surface area contributed by atoms with Crippen LogP contribution in [0.1, 0.15) is 19.8 Å². The number of nitrogens with zero attached hydrogens (tertiary/aromatic N) is 1. The molecule has 1 aliphatic rings. The van der Waals surface area contributed by atoms with Crippen molar-refractivity contribution in [1.29, 1.82) is 0 Å². The predicted molar refractivity (Wildman–Crippen MR) is 56.7 cm³/mol. The predicted octanol–water partition coefficient (Wildman–Crippen LogP) is -0.102. The molecule has 0 bridgehead atoms. The molecule has 1 fully saturated rings. The van der Waals surface area contributed by atoms with Crippen LogP contribution >= 0.6 is 0 Å². The zero-order valence-corrected chi connectivity index (χ0v) is 9.35. The van der Waals surface area contributed by atoms with Crippen LogP contribution in [0.25, 0.3) is 0 Å². The summed E-state index contributed by atoms with van der Waals surface area (Å²) in [4.78, 5) is 12.9. The highest BCUT2D eigenvalue weighted by atomic mass is 16.5. The highest BCUT2D eigenvalue weighted by molar-refractivity contribution is 5.72. The molecule has 1 aliphatic heterocycles. The molecule has 0 radical (unpaired) electrons. The summed E-state index contributed by atoms with van der Waals surface area (Å²) in [6.45, 7) is 2.93. The van der Waals surface area contributed by atoms with Crippen molar-refractivity contribution in [2.75, 3.05) is 20.2 Å². The lowest BCUT2D eigenvalue weighted by atomic mass is 9.97. The van der Waals surface area contributed by atoms with Gasteiger partial charge in [0.2, 0.25) is 0 Å². The molecule has 0 saturated carbocycles. The minimum atomic E-state index is -0.788. The maximum atomic E-state index is 10.9. The van der Waals surface area contributed by atoms with Gasteiger partial charge >= 0.3 is 5.97 Å². The van der Waals surface area contributed by atoms with Gasteiger partial charge in [0.25, 0.3) is 0 Å². The summed E-state index contributed by atoms with van der Waals surface area (Å²) in [6.07, 6.45) is 1.92. The van der Waals surface area contributed by atoms with E-state index in [1.807, 2.05) is 4.90 Å². The van der Waals surface area contributed by atoms with E-state index in [0.717, 1.165) is 19.4 Å². The molecule has 0 amide bonds. The third kappa shape index (κ3) is 2.90. The molecule has 3 atom stereocenters. The number of piperidine rings is 1. The average molecular weight is 216 g/mol. The third-order valence-corrected chi connectivity index (χ3v) is 3.17. The summed E-state index contributed by atoms with van der Waals surface area (Å²) >= 11 is 0. The Morgan fingerprint density at radius 3 is 2.87 bits per heavy atom. The van der Waals surface area contributed by atoms with Crippen LogP contribution in [0.5, 0.6) is 0 Å². The molecule has 0 aromatic carbocycles. The number of carboxylic acid groups (broad SMARTS) is 1. The molecule has 3 unspecified atom stereocenters. The van der Waals surface area contributed by atoms with Gasteiger partial charge in [-0.05, 0) is 19.8 Å². The monoisotopic (exact) mass is 216 g/mol. The van der Waals surface area contributed by atoms with Crippen LogP contribution in [0.15, 0.2) is 0 Å². The first-order valence-electron chi connectivity index (χ1n) is 5.31. The summed E-state index contributed by atoms with van der Waals surface area (Å²) in [6, 6.07) is -0.342. The van der Waals surface area contributed by atoms with Gasteiger partial charge in [0.05, 0.1) is 6.10 Å². The minimum Gasteiger partial charge on any atom is -0.480 e. The van der Waals surface area contributed by atoms with E-state index in [0.29, 0.717) is 6.54 Å². The van der Waals surface area contributed by atoms with E-state index in [2.05, 4.69) is 0 Å². The molecule has 1 heterocycles. The number of nitrogens with two attached hydrogens (primary N) is 1. The first kappa shape index (κ1) is 12.4. The second kappa shape index (κ2) is 5.44. The van der Waals surface area contributed by atoms with Crippen LogP contribution in [0.4, 0.5) is 0 Å². The van der Waals surface area contributed by atoms with Gasteiger partial charge < -0.3 is 15.6 Å². The molecular formula is C10H20N2O3. The summed E-state index contributed by atoms with van der Waals surface area (Å²) in [7, 11) is 1.69. The molecule has 15 heavy (non-hydrogen) atoms. The number of rotatable bonds is 4. The lowest BCUT2D eigenvalue weighted by molar-refractivity contribution is -0.145. The van der Waals surface area contributed by atoms with Crippen LogP contribution in [-0.2, 0) is 9.53 Å². The Kier molecular flexibility index (Phi) is 4.50. The summed E-state index contributed by atoms with van der Waals surface area (Å²) in [5.41, 5.74) is 5.66. The molecular weight excluding hydrogens is 196 g/mol. The SMILES string of the molecule is COC1CCN(C(C)C(=O)O)C(CN)C1. The van der Waals surface area contributed by atoms with Gasteiger partial charge in [-0.3, -0.25) is 9.69 Å². The molecule has 88 valence electrons. The topological polar surface area (TPSA) is 75.8 Å². The number of ether oxygens (including phenoxy) is 1. The molecule has 5 heteroatoms. The Hall–Kier alpha value is -0.650. The fourth-order valence-corrected chi connectivity index (χ4v) is 2.13. The van der Waals surface area contributed by atoms with E-state index < -0.39 is 12.0 Å². The standard InChI is InChI=1S/C10H20N2O3/c1-7(10(13)14)12-4-3-9(15-2)5-8(12)6-11/h7-9H,3-6,11H2,1-2H3,(H,13,14). The fraction of sp³-hybridized carbons (Fsp3) is 0.900. The first-order chi connectivity index (χ1) is 7.10. The second-order valence-corrected chi connectivity index (χ2v) is 4.02. The molecule has 0 aromatic heterocycles. The van der Waals surface area contributed by atoms with E-state index in [4.69, 9.17) is 15.6 Å². The second-order valence-electron chi connectivity index (χ2n) is 4.02. The highest BCUT2D eigenvalue weighted by Crippen LogP contribution is 2.21. The van der Waals surface area contributed by atoms with Gasteiger partial charge in [-0.2, -0.15) is 0 Å². The minimum absolute atomic E-state index is 0.120. The number of hydrogen-bond acceptors (Lipinski definition) is 4. The van der Waals surface area contributed by atoms with Crippen molar-refractivity contribution in [3.8, 4) is 0 Å². The van der Waals surface area contributed by atoms with Crippen molar-refractivity contribution in [2.24, 2.45) is 5.73 Å². The smallest absolute Gasteiger partial charge is 0.320 e. The van der Waals surface area contributed by atoms with Crippen LogP contribution in [0, 0.1) is 0 Å². The Balaban J connectivity index is 2.61. The Morgan fingerprint density at radius 2 is 2.40 bits per heavy atom. The van der Waals surface area contributed by atoms with Crippen molar-refractivity contribution >= 4 is 5.97 Å². The van der Waals surface area contributed by atoms with Gasteiger partial charge in [-0.15, -0.1) is 0 Å². The number of hydrogen-bond donors (Lipinski definition) is 2. The Labute approximate surface area is 90.2 Å². The van der Waals surface area contributed by atoms with E-state index in [-0.39, 0.29) is 12.1 Å². The summed E-state index contributed by atoms with van der Waals surface area (Å²) in [5.74, 6) is -0.788. The molecule has 0 aromatic rings. The quantitative estimate of drug-likeness (QED) is 0.686. The van der Waals surface area contributed by atoms with Crippen molar-refractivity contribution in [3.05, 3.63) is 0 Å². The van der Waals surface area contributed by atoms with Crippen LogP contribution in [0.2, 0.25) is 0 Å². The van der Waals surface area contributed by atoms with Crippen molar-refractivity contribution in [3.63, 3.8) is 0 Å². The van der Waals surface area contributed by atoms with Crippen molar-refractivity contribution in [1.82, 2.24) is 4.90 Å². The number of methoxy groups -OCH3 is 1. The molecule has 1 saturated heterocycles. The van der Waals surface area contributed by atoms with Crippen molar-refractivity contribution < 1.29 is 14.6 Å². The summed E-state index contributed by atoms with van der Waals surface area (Å²) in [5, 5.41) is 8.96. The first-order valence-corrected chi connectivity index (χ1v) is 5.31. The van der Waals surface area contributed by atoms with E-state index >= 15 is 0 Å². The number of aliphatic carboxylic acids is 1. The number of carbonyl (C=O) groups is 1. The number of likely N-dealkylation sites (tertiary alicyclic amines) is 1. The van der Waals surface area contributed by atoms with Gasteiger partial charge in [0.1, 0.15) is 6.04 Å². The lowest BCUT2D eigenvalue weighted by Crippen LogP contribution is -2.54. The molecule has 0 aliphatic carbocycles. The molecule has 3 N–H and O–H groups in total. The van der Waals surface area contributed by atoms with Crippen LogP contribution in [-0.4, -0.2) is 54.4 Å². The van der Waals surface area contributed by atoms with Crippen LogP contribution in [0.3, 0.4) is 0 Å². The fourth-order valence-electron chi connectivity index (χ4n) is 2.13. The third-order valence-electron chi connectivity index (χ3n) is 3.17. The highest BCUT2D eigenvalue weighted by Gasteiger charge is 2.33. The maximum absolute atomic E-state index is 10.9. The average Bonchev–Trinajstić information content (AvgIpc) is 2.27. The van der Waals surface area contributed by atoms with Crippen molar-refractivity contribution in [2.45, 2.75) is 38.0 Å². The van der Waals surface area contributed by atoms with E-state index in [1.165, 1.54) is 0 Å². The lowest BCUT2D eigenvalue weighted by Gasteiger charge is -2.40. The maximum Gasteiger partial charge on any atom is 0.320 e. The molecule has 5 nitrogen and oxygen atoms in total. The van der Waals surface area contributed by atoms with Gasteiger partial charge in [0, 0.05) is 26.2 Å². The van der Waals surface area contributed by atoms with E-state index in [1.54, 1.807) is 14.0 Å². The normalized spacial score (nSPS) is 30.1. The summed E-state index contributed by atoms with van der Waals surface area (Å²) < 4.78 is 5.28. The van der Waals surface area contributed by atoms with Crippen LogP contribution < -0.4 is 5.73 Å². The largest absolute Gasteiger partial charge is 0.480 e. The zero-order chi connectivity index (χ0) is 11.4. The molecule has 0 spiro atoms. The Morgan fingerprint density at radius 1 is 1.73 bits per heavy atom. The van der Waals surface area contributed by atoms with Gasteiger partial charge in [-0.1, -0.05) is 0 Å². The Bertz CT molecular complexity index is 223. The number of carboxylic acids is 1. The molecule has 1 rings (SSSR count). The van der Waals surface area contributed by atoms with Gasteiger partial charge in [-0.25, -0.2) is 0 Å². The van der Waals surface area contributed by atoms with Gasteiger partial charge in [0.15, 0.2) is 0 Å².